The van der Waals surface area contributed by atoms with Gasteiger partial charge in [-0.3, -0.25) is 0 Å². The number of nitrogens with two attached hydrogens (primary N) is 1. The van der Waals surface area contributed by atoms with Gasteiger partial charge in [-0.2, -0.15) is 0 Å². The van der Waals surface area contributed by atoms with Crippen molar-refractivity contribution in [1.29, 1.82) is 0 Å². The predicted octanol–water partition coefficient (Wildman–Crippen LogP) is 3.57. The second kappa shape index (κ2) is 5.38. The molecule has 2 atom stereocenters. The van der Waals surface area contributed by atoms with E-state index in [0.717, 1.165) is 17.9 Å². The average molecular weight is 212 g/mol. The largest absolute Gasteiger partial charge is 0.328 e. The molecular weight excluding hydrogens is 194 g/mol. The van der Waals surface area contributed by atoms with E-state index in [0.29, 0.717) is 12.0 Å². The Kier molecular flexibility index (Phi) is 4.43. The van der Waals surface area contributed by atoms with Crippen LogP contribution in [0.2, 0.25) is 5.02 Å². The molecule has 1 aromatic rings. The van der Waals surface area contributed by atoms with Gasteiger partial charge in [0.2, 0.25) is 0 Å². The molecule has 0 aliphatic rings. The van der Waals surface area contributed by atoms with Crippen LogP contribution in [0.4, 0.5) is 0 Å². The molecule has 2 heteroatoms. The third-order valence-electron chi connectivity index (χ3n) is 2.49. The zero-order valence-electron chi connectivity index (χ0n) is 8.83. The van der Waals surface area contributed by atoms with Crippen LogP contribution in [0.3, 0.4) is 0 Å². The Hall–Kier alpha value is -0.530. The van der Waals surface area contributed by atoms with E-state index in [1.807, 2.05) is 12.1 Å². The van der Waals surface area contributed by atoms with Gasteiger partial charge >= 0.3 is 0 Å². The van der Waals surface area contributed by atoms with Gasteiger partial charge in [0.05, 0.1) is 0 Å². The van der Waals surface area contributed by atoms with Gasteiger partial charge in [0.15, 0.2) is 0 Å². The fraction of sp³-hybridized carbons (Fsp3) is 0.500. The fourth-order valence-corrected chi connectivity index (χ4v) is 1.60. The Labute approximate surface area is 91.3 Å². The van der Waals surface area contributed by atoms with E-state index in [1.165, 1.54) is 5.56 Å². The van der Waals surface area contributed by atoms with Crippen molar-refractivity contribution in [3.05, 3.63) is 34.9 Å². The smallest absolute Gasteiger partial charge is 0.0406 e. The SMILES string of the molecule is CC(N)CCC(C)c1ccc(Cl)cc1. The maximum Gasteiger partial charge on any atom is 0.0406 e. The minimum Gasteiger partial charge on any atom is -0.328 e. The highest BCUT2D eigenvalue weighted by atomic mass is 35.5. The van der Waals surface area contributed by atoms with Crippen molar-refractivity contribution in [2.45, 2.75) is 38.6 Å². The molecule has 2 unspecified atom stereocenters. The third-order valence-corrected chi connectivity index (χ3v) is 2.75. The number of hydrogen-bond donors (Lipinski definition) is 1. The second-order valence-electron chi connectivity index (χ2n) is 4.01. The van der Waals surface area contributed by atoms with Gasteiger partial charge in [-0.1, -0.05) is 30.7 Å². The van der Waals surface area contributed by atoms with Gasteiger partial charge < -0.3 is 5.73 Å². The minimum absolute atomic E-state index is 0.296. The van der Waals surface area contributed by atoms with Gasteiger partial charge in [0.25, 0.3) is 0 Å². The summed E-state index contributed by atoms with van der Waals surface area (Å²) in [5.74, 6) is 0.568. The van der Waals surface area contributed by atoms with Crippen LogP contribution >= 0.6 is 11.6 Å². The van der Waals surface area contributed by atoms with Crippen LogP contribution in [-0.4, -0.2) is 6.04 Å². The Balaban J connectivity index is 2.52. The molecule has 1 aromatic carbocycles. The first-order valence-corrected chi connectivity index (χ1v) is 5.48. The molecule has 0 aromatic heterocycles. The molecule has 0 saturated heterocycles. The fourth-order valence-electron chi connectivity index (χ4n) is 1.47. The number of halogens is 1. The van der Waals surface area contributed by atoms with E-state index in [1.54, 1.807) is 0 Å². The van der Waals surface area contributed by atoms with Crippen molar-refractivity contribution in [1.82, 2.24) is 0 Å². The van der Waals surface area contributed by atoms with Crippen LogP contribution in [-0.2, 0) is 0 Å². The van der Waals surface area contributed by atoms with Crippen molar-refractivity contribution >= 4 is 11.6 Å². The summed E-state index contributed by atoms with van der Waals surface area (Å²) in [4.78, 5) is 0. The summed E-state index contributed by atoms with van der Waals surface area (Å²) in [6.07, 6.45) is 2.21. The lowest BCUT2D eigenvalue weighted by atomic mass is 9.95. The topological polar surface area (TPSA) is 26.0 Å². The maximum atomic E-state index is 5.82. The quantitative estimate of drug-likeness (QED) is 0.810. The molecule has 0 radical (unpaired) electrons. The molecule has 0 aliphatic carbocycles. The highest BCUT2D eigenvalue weighted by molar-refractivity contribution is 6.30. The van der Waals surface area contributed by atoms with Gasteiger partial charge in [-0.25, -0.2) is 0 Å². The molecule has 78 valence electrons. The summed E-state index contributed by atoms with van der Waals surface area (Å²) < 4.78 is 0. The van der Waals surface area contributed by atoms with E-state index >= 15 is 0 Å². The average Bonchev–Trinajstić information content (AvgIpc) is 2.15. The van der Waals surface area contributed by atoms with Crippen molar-refractivity contribution in [3.63, 3.8) is 0 Å². The van der Waals surface area contributed by atoms with Gasteiger partial charge in [-0.15, -0.1) is 0 Å². The van der Waals surface area contributed by atoms with E-state index in [4.69, 9.17) is 17.3 Å². The zero-order valence-corrected chi connectivity index (χ0v) is 9.59. The molecule has 0 amide bonds. The van der Waals surface area contributed by atoms with Gasteiger partial charge in [0.1, 0.15) is 0 Å². The summed E-state index contributed by atoms with van der Waals surface area (Å²) in [6, 6.07) is 8.37. The second-order valence-corrected chi connectivity index (χ2v) is 4.44. The van der Waals surface area contributed by atoms with Crippen LogP contribution in [0.25, 0.3) is 0 Å². The van der Waals surface area contributed by atoms with Crippen molar-refractivity contribution < 1.29 is 0 Å². The van der Waals surface area contributed by atoms with Crippen molar-refractivity contribution in [3.8, 4) is 0 Å². The highest BCUT2D eigenvalue weighted by Gasteiger charge is 2.06. The zero-order chi connectivity index (χ0) is 10.6. The minimum atomic E-state index is 0.296. The molecule has 0 saturated carbocycles. The Morgan fingerprint density at radius 1 is 1.14 bits per heavy atom. The molecule has 0 spiro atoms. The number of hydrogen-bond acceptors (Lipinski definition) is 1. The van der Waals surface area contributed by atoms with Crippen LogP contribution in [0.1, 0.15) is 38.2 Å². The molecule has 0 heterocycles. The Morgan fingerprint density at radius 2 is 1.71 bits per heavy atom. The number of rotatable bonds is 4. The normalized spacial score (nSPS) is 15.1. The summed E-state index contributed by atoms with van der Waals surface area (Å²) in [6.45, 7) is 4.28. The first-order chi connectivity index (χ1) is 6.59. The molecule has 1 nitrogen and oxygen atoms in total. The Bertz CT molecular complexity index is 266. The Morgan fingerprint density at radius 3 is 2.21 bits per heavy atom. The van der Waals surface area contributed by atoms with Crippen LogP contribution < -0.4 is 5.73 Å². The van der Waals surface area contributed by atoms with E-state index in [-0.39, 0.29) is 0 Å². The molecule has 0 bridgehead atoms. The van der Waals surface area contributed by atoms with E-state index in [9.17, 15) is 0 Å². The number of benzene rings is 1. The molecule has 0 fully saturated rings. The molecule has 2 N–H and O–H groups in total. The molecular formula is C12H18ClN. The summed E-state index contributed by atoms with van der Waals surface area (Å²) in [5.41, 5.74) is 7.06. The lowest BCUT2D eigenvalue weighted by Gasteiger charge is -2.13. The van der Waals surface area contributed by atoms with Crippen molar-refractivity contribution in [2.24, 2.45) is 5.73 Å². The first-order valence-electron chi connectivity index (χ1n) is 5.10. The van der Waals surface area contributed by atoms with E-state index < -0.39 is 0 Å². The van der Waals surface area contributed by atoms with E-state index in [2.05, 4.69) is 26.0 Å². The van der Waals surface area contributed by atoms with Gasteiger partial charge in [0, 0.05) is 11.1 Å². The highest BCUT2D eigenvalue weighted by Crippen LogP contribution is 2.22. The lowest BCUT2D eigenvalue weighted by Crippen LogP contribution is -2.15. The first kappa shape index (κ1) is 11.5. The summed E-state index contributed by atoms with van der Waals surface area (Å²) >= 11 is 5.82. The van der Waals surface area contributed by atoms with Crippen LogP contribution in [0.5, 0.6) is 0 Å². The molecule has 0 aliphatic heterocycles. The maximum absolute atomic E-state index is 5.82. The standard InChI is InChI=1S/C12H18ClN/c1-9(3-4-10(2)14)11-5-7-12(13)8-6-11/h5-10H,3-4,14H2,1-2H3. The third kappa shape index (κ3) is 3.69. The summed E-state index contributed by atoms with van der Waals surface area (Å²) in [5, 5.41) is 0.799. The molecule has 1 rings (SSSR count). The lowest BCUT2D eigenvalue weighted by molar-refractivity contribution is 0.569. The monoisotopic (exact) mass is 211 g/mol. The van der Waals surface area contributed by atoms with Crippen molar-refractivity contribution in [2.75, 3.05) is 0 Å². The van der Waals surface area contributed by atoms with Crippen LogP contribution in [0.15, 0.2) is 24.3 Å². The summed E-state index contributed by atoms with van der Waals surface area (Å²) in [7, 11) is 0. The van der Waals surface area contributed by atoms with Gasteiger partial charge in [-0.05, 0) is 43.4 Å². The molecule has 14 heavy (non-hydrogen) atoms. The predicted molar refractivity (Wildman–Crippen MR) is 62.8 cm³/mol. The van der Waals surface area contributed by atoms with Crippen LogP contribution in [0, 0.1) is 0 Å².